The second-order valence-electron chi connectivity index (χ2n) is 7.32. The average Bonchev–Trinajstić information content (AvgIpc) is 3.41. The Kier molecular flexibility index (Phi) is 5.98. The highest BCUT2D eigenvalue weighted by Crippen LogP contribution is 2.24. The molecule has 158 valence electrons. The first-order valence-electron chi connectivity index (χ1n) is 9.68. The first kappa shape index (κ1) is 20.7. The topological polar surface area (TPSA) is 105 Å². The van der Waals surface area contributed by atoms with Crippen molar-refractivity contribution in [2.24, 2.45) is 5.92 Å². The number of nitrogens with one attached hydrogen (secondary N) is 1. The number of hydrogen-bond acceptors (Lipinski definition) is 7. The van der Waals surface area contributed by atoms with Gasteiger partial charge in [-0.3, -0.25) is 10.1 Å². The largest absolute Gasteiger partial charge is 0.407 e. The molecule has 3 aromatic rings. The second kappa shape index (κ2) is 8.66. The third-order valence-electron chi connectivity index (χ3n) is 5.09. The second-order valence-corrected chi connectivity index (χ2v) is 10.3. The Morgan fingerprint density at radius 3 is 2.60 bits per heavy atom. The van der Waals surface area contributed by atoms with Crippen molar-refractivity contribution in [2.75, 3.05) is 18.4 Å². The molecule has 0 bridgehead atoms. The van der Waals surface area contributed by atoms with Gasteiger partial charge < -0.3 is 4.42 Å². The van der Waals surface area contributed by atoms with E-state index < -0.39 is 15.9 Å². The summed E-state index contributed by atoms with van der Waals surface area (Å²) in [7, 11) is -3.55. The number of hydrogen-bond donors (Lipinski definition) is 1. The zero-order chi connectivity index (χ0) is 21.1. The fraction of sp³-hybridized carbons (Fsp3) is 0.350. The number of amides is 1. The van der Waals surface area contributed by atoms with Gasteiger partial charge in [0.05, 0.1) is 11.3 Å². The third kappa shape index (κ3) is 4.61. The number of sulfonamides is 1. The van der Waals surface area contributed by atoms with E-state index in [9.17, 15) is 13.2 Å². The third-order valence-corrected chi connectivity index (χ3v) is 7.88. The maximum Gasteiger partial charge on any atom is 0.322 e. The molecule has 0 unspecified atom stereocenters. The molecular weight excluding hydrogens is 424 g/mol. The van der Waals surface area contributed by atoms with Crippen molar-refractivity contribution in [2.45, 2.75) is 31.1 Å². The molecule has 0 spiro atoms. The molecule has 0 atom stereocenters. The molecule has 2 aromatic heterocycles. The van der Waals surface area contributed by atoms with E-state index in [4.69, 9.17) is 4.42 Å². The molecule has 1 saturated heterocycles. The van der Waals surface area contributed by atoms with Gasteiger partial charge in [-0.1, -0.05) is 18.1 Å². The molecule has 10 heteroatoms. The lowest BCUT2D eigenvalue weighted by molar-refractivity contribution is 0.102. The van der Waals surface area contributed by atoms with Gasteiger partial charge in [-0.15, -0.1) is 16.4 Å². The fourth-order valence-electron chi connectivity index (χ4n) is 3.26. The van der Waals surface area contributed by atoms with E-state index in [0.717, 1.165) is 17.7 Å². The van der Waals surface area contributed by atoms with Crippen LogP contribution in [0, 0.1) is 5.92 Å². The van der Waals surface area contributed by atoms with Crippen LogP contribution in [0.4, 0.5) is 6.01 Å². The smallest absolute Gasteiger partial charge is 0.322 e. The first-order valence-corrected chi connectivity index (χ1v) is 12.0. The Labute approximate surface area is 179 Å². The maximum atomic E-state index is 12.8. The summed E-state index contributed by atoms with van der Waals surface area (Å²) in [6.45, 7) is 3.18. The van der Waals surface area contributed by atoms with Crippen molar-refractivity contribution < 1.29 is 17.6 Å². The summed E-state index contributed by atoms with van der Waals surface area (Å²) in [5.74, 6) is 0.500. The van der Waals surface area contributed by atoms with Crippen LogP contribution in [0.1, 0.15) is 40.9 Å². The number of piperidine rings is 1. The van der Waals surface area contributed by atoms with E-state index >= 15 is 0 Å². The summed E-state index contributed by atoms with van der Waals surface area (Å²) in [6, 6.07) is 9.79. The Morgan fingerprint density at radius 1 is 1.20 bits per heavy atom. The molecule has 1 aliphatic heterocycles. The molecule has 30 heavy (non-hydrogen) atoms. The summed E-state index contributed by atoms with van der Waals surface area (Å²) in [6.07, 6.45) is 2.22. The lowest BCUT2D eigenvalue weighted by atomic mass is 10.0. The van der Waals surface area contributed by atoms with Crippen LogP contribution in [0.2, 0.25) is 0 Å². The van der Waals surface area contributed by atoms with Crippen molar-refractivity contribution in [1.82, 2.24) is 14.5 Å². The van der Waals surface area contributed by atoms with Gasteiger partial charge in [-0.05, 0) is 54.5 Å². The van der Waals surface area contributed by atoms with Crippen molar-refractivity contribution in [3.05, 3.63) is 58.1 Å². The molecular formula is C20H22N4O4S2. The van der Waals surface area contributed by atoms with Crippen molar-refractivity contribution in [3.63, 3.8) is 0 Å². The number of carbonyl (C=O) groups is 1. The standard InChI is InChI=1S/C20H22N4O4S2/c1-14-8-10-24(11-9-14)30(26,27)17-6-4-15(5-7-17)19(25)21-20-23-22-18(28-20)13-16-3-2-12-29-16/h2-7,12,14H,8-11,13H2,1H3,(H,21,23,25). The molecule has 1 aromatic carbocycles. The normalized spacial score (nSPS) is 15.9. The monoisotopic (exact) mass is 446 g/mol. The summed E-state index contributed by atoms with van der Waals surface area (Å²) in [5, 5.41) is 12.3. The minimum atomic E-state index is -3.55. The molecule has 0 aliphatic carbocycles. The molecule has 4 rings (SSSR count). The summed E-state index contributed by atoms with van der Waals surface area (Å²) >= 11 is 1.58. The van der Waals surface area contributed by atoms with Gasteiger partial charge >= 0.3 is 6.01 Å². The van der Waals surface area contributed by atoms with Crippen LogP contribution in [0.5, 0.6) is 0 Å². The van der Waals surface area contributed by atoms with Gasteiger partial charge in [0, 0.05) is 23.5 Å². The van der Waals surface area contributed by atoms with E-state index in [1.165, 1.54) is 28.6 Å². The highest BCUT2D eigenvalue weighted by Gasteiger charge is 2.28. The van der Waals surface area contributed by atoms with Gasteiger partial charge in [0.25, 0.3) is 5.91 Å². The number of carbonyl (C=O) groups excluding carboxylic acids is 1. The number of benzene rings is 1. The van der Waals surface area contributed by atoms with Crippen LogP contribution < -0.4 is 5.32 Å². The number of aromatic nitrogens is 2. The summed E-state index contributed by atoms with van der Waals surface area (Å²) in [5.41, 5.74) is 0.305. The molecule has 1 amide bonds. The fourth-order valence-corrected chi connectivity index (χ4v) is 5.43. The minimum Gasteiger partial charge on any atom is -0.407 e. The van der Waals surface area contributed by atoms with Crippen LogP contribution >= 0.6 is 11.3 Å². The Balaban J connectivity index is 1.40. The first-order chi connectivity index (χ1) is 14.4. The number of rotatable bonds is 6. The Bertz CT molecular complexity index is 1100. The molecule has 8 nitrogen and oxygen atoms in total. The SMILES string of the molecule is CC1CCN(S(=O)(=O)c2ccc(C(=O)Nc3nnc(Cc4cccs4)o3)cc2)CC1. The zero-order valence-corrected chi connectivity index (χ0v) is 18.1. The van der Waals surface area contributed by atoms with Crippen LogP contribution in [-0.2, 0) is 16.4 Å². The van der Waals surface area contributed by atoms with Crippen molar-refractivity contribution in [1.29, 1.82) is 0 Å². The summed E-state index contributed by atoms with van der Waals surface area (Å²) in [4.78, 5) is 13.7. The van der Waals surface area contributed by atoms with Gasteiger partial charge in [0.15, 0.2) is 0 Å². The minimum absolute atomic E-state index is 0.00527. The average molecular weight is 447 g/mol. The van der Waals surface area contributed by atoms with Crippen LogP contribution in [0.15, 0.2) is 51.1 Å². The molecule has 3 heterocycles. The van der Waals surface area contributed by atoms with Crippen molar-refractivity contribution >= 4 is 33.3 Å². The number of anilines is 1. The Hall–Kier alpha value is -2.56. The Morgan fingerprint density at radius 2 is 1.93 bits per heavy atom. The van der Waals surface area contributed by atoms with Crippen LogP contribution in [-0.4, -0.2) is 41.9 Å². The predicted octanol–water partition coefficient (Wildman–Crippen LogP) is 3.39. The van der Waals surface area contributed by atoms with Crippen molar-refractivity contribution in [3.8, 4) is 0 Å². The molecule has 0 saturated carbocycles. The van der Waals surface area contributed by atoms with E-state index in [1.54, 1.807) is 11.3 Å². The van der Waals surface area contributed by atoms with E-state index in [2.05, 4.69) is 22.4 Å². The van der Waals surface area contributed by atoms with Gasteiger partial charge in [0.1, 0.15) is 0 Å². The maximum absolute atomic E-state index is 12.8. The number of thiophene rings is 1. The van der Waals surface area contributed by atoms with Gasteiger partial charge in [-0.25, -0.2) is 8.42 Å². The van der Waals surface area contributed by atoms with E-state index in [-0.39, 0.29) is 10.9 Å². The van der Waals surface area contributed by atoms with Gasteiger partial charge in [0.2, 0.25) is 15.9 Å². The van der Waals surface area contributed by atoms with E-state index in [1.807, 2.05) is 17.5 Å². The highest BCUT2D eigenvalue weighted by atomic mass is 32.2. The molecule has 1 N–H and O–H groups in total. The van der Waals surface area contributed by atoms with Crippen LogP contribution in [0.3, 0.4) is 0 Å². The lowest BCUT2D eigenvalue weighted by Crippen LogP contribution is -2.37. The predicted molar refractivity (Wildman–Crippen MR) is 113 cm³/mol. The highest BCUT2D eigenvalue weighted by molar-refractivity contribution is 7.89. The summed E-state index contributed by atoms with van der Waals surface area (Å²) < 4.78 is 32.6. The zero-order valence-electron chi connectivity index (χ0n) is 16.4. The van der Waals surface area contributed by atoms with E-state index in [0.29, 0.717) is 36.9 Å². The van der Waals surface area contributed by atoms with Gasteiger partial charge in [-0.2, -0.15) is 4.31 Å². The lowest BCUT2D eigenvalue weighted by Gasteiger charge is -2.29. The quantitative estimate of drug-likeness (QED) is 0.622. The molecule has 1 aliphatic rings. The number of nitrogens with zero attached hydrogens (tertiary/aromatic N) is 3. The van der Waals surface area contributed by atoms with Crippen LogP contribution in [0.25, 0.3) is 0 Å². The molecule has 0 radical (unpaired) electrons. The molecule has 1 fully saturated rings.